The van der Waals surface area contributed by atoms with E-state index in [0.717, 1.165) is 43.6 Å². The smallest absolute Gasteiger partial charge is 0.225 e. The van der Waals surface area contributed by atoms with Gasteiger partial charge >= 0.3 is 0 Å². The number of hydrogen-bond acceptors (Lipinski definition) is 6. The zero-order valence-electron chi connectivity index (χ0n) is 12.2. The molecule has 0 aromatic carbocycles. The van der Waals surface area contributed by atoms with Crippen LogP contribution in [0.3, 0.4) is 0 Å². The van der Waals surface area contributed by atoms with Crippen molar-refractivity contribution in [1.29, 1.82) is 5.26 Å². The van der Waals surface area contributed by atoms with Crippen molar-refractivity contribution in [3.05, 3.63) is 40.8 Å². The Balaban J connectivity index is 1.71. The lowest BCUT2D eigenvalue weighted by Crippen LogP contribution is -2.47. The van der Waals surface area contributed by atoms with Gasteiger partial charge in [0, 0.05) is 44.3 Å². The molecule has 1 fully saturated rings. The van der Waals surface area contributed by atoms with Crippen LogP contribution in [0.25, 0.3) is 0 Å². The van der Waals surface area contributed by atoms with E-state index in [2.05, 4.69) is 24.8 Å². The molecule has 6 nitrogen and oxygen atoms in total. The maximum Gasteiger partial charge on any atom is 0.225 e. The van der Waals surface area contributed by atoms with Crippen LogP contribution in [0.1, 0.15) is 11.3 Å². The number of hydrogen-bond donors (Lipinski definition) is 0. The number of aromatic nitrogens is 3. The number of anilines is 2. The molecular formula is C15H15ClN6. The molecule has 0 atom stereocenters. The Kier molecular flexibility index (Phi) is 4.07. The van der Waals surface area contributed by atoms with Crippen LogP contribution in [0, 0.1) is 18.3 Å². The van der Waals surface area contributed by atoms with Crippen molar-refractivity contribution in [3.8, 4) is 6.07 Å². The average Bonchev–Trinajstić information content (AvgIpc) is 2.55. The molecule has 0 amide bonds. The lowest BCUT2D eigenvalue weighted by Gasteiger charge is -2.35. The van der Waals surface area contributed by atoms with E-state index in [0.29, 0.717) is 10.6 Å². The van der Waals surface area contributed by atoms with Gasteiger partial charge in [0.05, 0.1) is 10.6 Å². The molecule has 112 valence electrons. The third kappa shape index (κ3) is 2.95. The second-order valence-electron chi connectivity index (χ2n) is 5.11. The quantitative estimate of drug-likeness (QED) is 0.845. The second kappa shape index (κ2) is 6.16. The summed E-state index contributed by atoms with van der Waals surface area (Å²) in [7, 11) is 0. The summed E-state index contributed by atoms with van der Waals surface area (Å²) in [4.78, 5) is 17.4. The summed E-state index contributed by atoms with van der Waals surface area (Å²) in [6.45, 7) is 5.15. The van der Waals surface area contributed by atoms with E-state index in [-0.39, 0.29) is 0 Å². The van der Waals surface area contributed by atoms with E-state index in [1.807, 2.05) is 19.1 Å². The van der Waals surface area contributed by atoms with Crippen LogP contribution in [-0.2, 0) is 0 Å². The minimum absolute atomic E-state index is 0.473. The van der Waals surface area contributed by atoms with E-state index in [1.165, 1.54) is 0 Å². The summed E-state index contributed by atoms with van der Waals surface area (Å²) < 4.78 is 0. The van der Waals surface area contributed by atoms with Gasteiger partial charge < -0.3 is 9.80 Å². The summed E-state index contributed by atoms with van der Waals surface area (Å²) in [5.41, 5.74) is 1.43. The Labute approximate surface area is 134 Å². The molecule has 0 bridgehead atoms. The molecule has 0 N–H and O–H groups in total. The van der Waals surface area contributed by atoms with Crippen molar-refractivity contribution in [1.82, 2.24) is 15.0 Å². The molecule has 1 aliphatic heterocycles. The summed E-state index contributed by atoms with van der Waals surface area (Å²) in [5.74, 6) is 1.49. The monoisotopic (exact) mass is 314 g/mol. The van der Waals surface area contributed by atoms with Crippen LogP contribution in [0.4, 0.5) is 11.8 Å². The molecular weight excluding hydrogens is 300 g/mol. The highest BCUT2D eigenvalue weighted by molar-refractivity contribution is 6.33. The molecule has 3 rings (SSSR count). The van der Waals surface area contributed by atoms with Gasteiger partial charge in [0.15, 0.2) is 0 Å². The van der Waals surface area contributed by atoms with Gasteiger partial charge in [0.1, 0.15) is 11.9 Å². The van der Waals surface area contributed by atoms with Crippen LogP contribution in [0.5, 0.6) is 0 Å². The molecule has 1 aliphatic rings. The van der Waals surface area contributed by atoms with Gasteiger partial charge in [-0.15, -0.1) is 0 Å². The van der Waals surface area contributed by atoms with Crippen molar-refractivity contribution in [2.75, 3.05) is 36.0 Å². The van der Waals surface area contributed by atoms with E-state index < -0.39 is 0 Å². The maximum atomic E-state index is 8.86. The SMILES string of the molecule is Cc1ccnc(N2CCN(c3ncc(C#N)cc3Cl)CC2)n1. The van der Waals surface area contributed by atoms with Gasteiger partial charge in [-0.1, -0.05) is 11.6 Å². The molecule has 1 saturated heterocycles. The molecule has 0 radical (unpaired) electrons. The Hall–Kier alpha value is -2.39. The zero-order valence-corrected chi connectivity index (χ0v) is 13.0. The average molecular weight is 315 g/mol. The third-order valence-electron chi connectivity index (χ3n) is 3.60. The number of nitriles is 1. The minimum Gasteiger partial charge on any atom is -0.352 e. The minimum atomic E-state index is 0.473. The van der Waals surface area contributed by atoms with Gasteiger partial charge in [-0.25, -0.2) is 15.0 Å². The first kappa shape index (κ1) is 14.5. The Morgan fingerprint density at radius 1 is 1.18 bits per heavy atom. The highest BCUT2D eigenvalue weighted by Crippen LogP contribution is 2.25. The van der Waals surface area contributed by atoms with Crippen molar-refractivity contribution in [3.63, 3.8) is 0 Å². The number of rotatable bonds is 2. The van der Waals surface area contributed by atoms with Crippen LogP contribution in [-0.4, -0.2) is 41.1 Å². The molecule has 0 aliphatic carbocycles. The summed E-state index contributed by atoms with van der Waals surface area (Å²) in [6.07, 6.45) is 3.33. The lowest BCUT2D eigenvalue weighted by atomic mass is 10.2. The summed E-state index contributed by atoms with van der Waals surface area (Å²) in [5, 5.41) is 9.38. The van der Waals surface area contributed by atoms with Crippen LogP contribution in [0.2, 0.25) is 5.02 Å². The lowest BCUT2D eigenvalue weighted by molar-refractivity contribution is 0.634. The zero-order chi connectivity index (χ0) is 15.5. The summed E-state index contributed by atoms with van der Waals surface area (Å²) >= 11 is 6.22. The maximum absolute atomic E-state index is 8.86. The van der Waals surface area contributed by atoms with Gasteiger partial charge in [0.25, 0.3) is 0 Å². The molecule has 2 aromatic heterocycles. The molecule has 2 aromatic rings. The van der Waals surface area contributed by atoms with Gasteiger partial charge in [-0.2, -0.15) is 5.26 Å². The van der Waals surface area contributed by atoms with Gasteiger partial charge in [-0.3, -0.25) is 0 Å². The number of nitrogens with zero attached hydrogens (tertiary/aromatic N) is 6. The standard InChI is InChI=1S/C15H15ClN6/c1-11-2-3-18-15(20-11)22-6-4-21(5-7-22)14-13(16)8-12(9-17)10-19-14/h2-3,8,10H,4-7H2,1H3. The van der Waals surface area contributed by atoms with Crippen molar-refractivity contribution in [2.24, 2.45) is 0 Å². The third-order valence-corrected chi connectivity index (χ3v) is 3.87. The summed E-state index contributed by atoms with van der Waals surface area (Å²) in [6, 6.07) is 5.58. The van der Waals surface area contributed by atoms with Crippen molar-refractivity contribution in [2.45, 2.75) is 6.92 Å². The Morgan fingerprint density at radius 2 is 1.91 bits per heavy atom. The Morgan fingerprint density at radius 3 is 2.55 bits per heavy atom. The van der Waals surface area contributed by atoms with E-state index in [4.69, 9.17) is 16.9 Å². The van der Waals surface area contributed by atoms with Crippen LogP contribution in [0.15, 0.2) is 24.5 Å². The first-order valence-electron chi connectivity index (χ1n) is 7.02. The van der Waals surface area contributed by atoms with E-state index >= 15 is 0 Å². The fourth-order valence-electron chi connectivity index (χ4n) is 2.43. The first-order valence-corrected chi connectivity index (χ1v) is 7.40. The van der Waals surface area contributed by atoms with E-state index in [1.54, 1.807) is 18.5 Å². The van der Waals surface area contributed by atoms with Crippen molar-refractivity contribution >= 4 is 23.4 Å². The normalized spacial score (nSPS) is 14.8. The van der Waals surface area contributed by atoms with Gasteiger partial charge in [0.2, 0.25) is 5.95 Å². The number of aryl methyl sites for hydroxylation is 1. The largest absolute Gasteiger partial charge is 0.352 e. The predicted molar refractivity (Wildman–Crippen MR) is 85.2 cm³/mol. The van der Waals surface area contributed by atoms with Gasteiger partial charge in [-0.05, 0) is 19.1 Å². The molecule has 3 heterocycles. The Bertz CT molecular complexity index is 718. The fourth-order valence-corrected chi connectivity index (χ4v) is 2.72. The molecule has 0 unspecified atom stereocenters. The van der Waals surface area contributed by atoms with Crippen molar-refractivity contribution < 1.29 is 0 Å². The molecule has 0 spiro atoms. The van der Waals surface area contributed by atoms with E-state index in [9.17, 15) is 0 Å². The number of pyridine rings is 1. The highest BCUT2D eigenvalue weighted by Gasteiger charge is 2.21. The number of piperazine rings is 1. The highest BCUT2D eigenvalue weighted by atomic mass is 35.5. The molecule has 7 heteroatoms. The molecule has 22 heavy (non-hydrogen) atoms. The van der Waals surface area contributed by atoms with Crippen LogP contribution < -0.4 is 9.80 Å². The number of halogens is 1. The molecule has 0 saturated carbocycles. The second-order valence-corrected chi connectivity index (χ2v) is 5.52. The fraction of sp³-hybridized carbons (Fsp3) is 0.333. The first-order chi connectivity index (χ1) is 10.7. The predicted octanol–water partition coefficient (Wildman–Crippen LogP) is 2.03. The van der Waals surface area contributed by atoms with Crippen LogP contribution >= 0.6 is 11.6 Å². The topological polar surface area (TPSA) is 68.9 Å².